The van der Waals surface area contributed by atoms with Gasteiger partial charge in [-0.15, -0.1) is 0 Å². The lowest BCUT2D eigenvalue weighted by atomic mass is 10.2. The van der Waals surface area contributed by atoms with E-state index in [4.69, 9.17) is 17.3 Å². The predicted octanol–water partition coefficient (Wildman–Crippen LogP) is 2.34. The lowest BCUT2D eigenvalue weighted by Crippen LogP contribution is -2.29. The van der Waals surface area contributed by atoms with Crippen molar-refractivity contribution in [3.8, 4) is 0 Å². The van der Waals surface area contributed by atoms with Gasteiger partial charge in [0.1, 0.15) is 0 Å². The molecular formula is C15H21ClN4. The number of rotatable bonds is 6. The molecule has 1 aromatic heterocycles. The SMILES string of the molecule is Cc1nn(C)c(CN(CCN)Cc2ccccc2)c1Cl. The van der Waals surface area contributed by atoms with Gasteiger partial charge in [-0.2, -0.15) is 5.10 Å². The molecule has 0 bridgehead atoms. The largest absolute Gasteiger partial charge is 0.329 e. The van der Waals surface area contributed by atoms with Crippen LogP contribution in [0.2, 0.25) is 5.02 Å². The van der Waals surface area contributed by atoms with Crippen LogP contribution in [0, 0.1) is 6.92 Å². The minimum atomic E-state index is 0.626. The van der Waals surface area contributed by atoms with E-state index in [2.05, 4.69) is 34.3 Å². The summed E-state index contributed by atoms with van der Waals surface area (Å²) in [5, 5.41) is 5.11. The first-order valence-electron chi connectivity index (χ1n) is 6.76. The van der Waals surface area contributed by atoms with E-state index < -0.39 is 0 Å². The summed E-state index contributed by atoms with van der Waals surface area (Å²) in [5.74, 6) is 0. The molecule has 0 unspecified atom stereocenters. The zero-order valence-electron chi connectivity index (χ0n) is 12.0. The zero-order valence-corrected chi connectivity index (χ0v) is 12.8. The molecule has 0 aliphatic rings. The van der Waals surface area contributed by atoms with Gasteiger partial charge in [0.25, 0.3) is 0 Å². The first-order valence-corrected chi connectivity index (χ1v) is 7.14. The molecule has 0 saturated carbocycles. The lowest BCUT2D eigenvalue weighted by molar-refractivity contribution is 0.257. The van der Waals surface area contributed by atoms with Crippen LogP contribution in [0.1, 0.15) is 17.0 Å². The van der Waals surface area contributed by atoms with E-state index in [1.807, 2.05) is 24.7 Å². The van der Waals surface area contributed by atoms with E-state index in [0.29, 0.717) is 6.54 Å². The van der Waals surface area contributed by atoms with Crippen LogP contribution in [0.25, 0.3) is 0 Å². The quantitative estimate of drug-likeness (QED) is 0.889. The average Bonchev–Trinajstić information content (AvgIpc) is 2.67. The van der Waals surface area contributed by atoms with Crippen molar-refractivity contribution in [3.63, 3.8) is 0 Å². The molecule has 108 valence electrons. The summed E-state index contributed by atoms with van der Waals surface area (Å²) in [6.07, 6.45) is 0. The third-order valence-corrected chi connectivity index (χ3v) is 3.82. The fraction of sp³-hybridized carbons (Fsp3) is 0.400. The molecule has 2 N–H and O–H groups in total. The van der Waals surface area contributed by atoms with Gasteiger partial charge in [-0.3, -0.25) is 9.58 Å². The van der Waals surface area contributed by atoms with Crippen molar-refractivity contribution in [3.05, 3.63) is 52.3 Å². The molecule has 0 radical (unpaired) electrons. The average molecular weight is 293 g/mol. The highest BCUT2D eigenvalue weighted by molar-refractivity contribution is 6.31. The number of benzene rings is 1. The first kappa shape index (κ1) is 15.0. The van der Waals surface area contributed by atoms with Gasteiger partial charge in [-0.05, 0) is 12.5 Å². The summed E-state index contributed by atoms with van der Waals surface area (Å²) < 4.78 is 1.85. The van der Waals surface area contributed by atoms with Crippen molar-refractivity contribution in [1.82, 2.24) is 14.7 Å². The molecule has 2 aromatic rings. The molecular weight excluding hydrogens is 272 g/mol. The van der Waals surface area contributed by atoms with Gasteiger partial charge in [0.15, 0.2) is 0 Å². The van der Waals surface area contributed by atoms with E-state index in [0.717, 1.165) is 36.0 Å². The smallest absolute Gasteiger partial charge is 0.0860 e. The fourth-order valence-corrected chi connectivity index (χ4v) is 2.52. The number of aromatic nitrogens is 2. The molecule has 0 amide bonds. The van der Waals surface area contributed by atoms with Gasteiger partial charge in [0.2, 0.25) is 0 Å². The molecule has 1 heterocycles. The molecule has 2 rings (SSSR count). The van der Waals surface area contributed by atoms with Gasteiger partial charge < -0.3 is 5.73 Å². The zero-order chi connectivity index (χ0) is 14.5. The van der Waals surface area contributed by atoms with Crippen LogP contribution in [0.3, 0.4) is 0 Å². The third-order valence-electron chi connectivity index (χ3n) is 3.33. The first-order chi connectivity index (χ1) is 9.61. The molecule has 1 aromatic carbocycles. The highest BCUT2D eigenvalue weighted by Gasteiger charge is 2.15. The van der Waals surface area contributed by atoms with Crippen molar-refractivity contribution in [1.29, 1.82) is 0 Å². The van der Waals surface area contributed by atoms with E-state index in [1.165, 1.54) is 5.56 Å². The summed E-state index contributed by atoms with van der Waals surface area (Å²) in [6, 6.07) is 10.4. The van der Waals surface area contributed by atoms with E-state index >= 15 is 0 Å². The molecule has 4 nitrogen and oxygen atoms in total. The Balaban J connectivity index is 2.13. The Morgan fingerprint density at radius 2 is 1.95 bits per heavy atom. The Bertz CT molecular complexity index is 551. The number of nitrogens with zero attached hydrogens (tertiary/aromatic N) is 3. The third kappa shape index (κ3) is 3.60. The van der Waals surface area contributed by atoms with Gasteiger partial charge in [-0.1, -0.05) is 41.9 Å². The van der Waals surface area contributed by atoms with Gasteiger partial charge in [0.05, 0.1) is 16.4 Å². The van der Waals surface area contributed by atoms with E-state index in [1.54, 1.807) is 0 Å². The Kier molecular flexibility index (Phi) is 5.17. The number of aryl methyl sites for hydroxylation is 2. The topological polar surface area (TPSA) is 47.1 Å². The minimum absolute atomic E-state index is 0.626. The van der Waals surface area contributed by atoms with Crippen LogP contribution in [0.4, 0.5) is 0 Å². The molecule has 0 fully saturated rings. The summed E-state index contributed by atoms with van der Waals surface area (Å²) in [7, 11) is 1.93. The van der Waals surface area contributed by atoms with Crippen LogP contribution >= 0.6 is 11.6 Å². The summed E-state index contributed by atoms with van der Waals surface area (Å²) >= 11 is 6.32. The maximum Gasteiger partial charge on any atom is 0.0860 e. The standard InChI is InChI=1S/C15H21ClN4/c1-12-15(16)14(19(2)18-12)11-20(9-8-17)10-13-6-4-3-5-7-13/h3-7H,8-11,17H2,1-2H3. The maximum atomic E-state index is 6.32. The summed E-state index contributed by atoms with van der Waals surface area (Å²) in [5.41, 5.74) is 8.90. The Labute approximate surface area is 125 Å². The van der Waals surface area contributed by atoms with Crippen LogP contribution in [-0.4, -0.2) is 27.8 Å². The second-order valence-corrected chi connectivity index (χ2v) is 5.33. The van der Waals surface area contributed by atoms with Crippen LogP contribution in [0.5, 0.6) is 0 Å². The van der Waals surface area contributed by atoms with E-state index in [9.17, 15) is 0 Å². The predicted molar refractivity (Wildman–Crippen MR) is 82.6 cm³/mol. The van der Waals surface area contributed by atoms with Crippen molar-refractivity contribution in [2.24, 2.45) is 12.8 Å². The highest BCUT2D eigenvalue weighted by Crippen LogP contribution is 2.21. The summed E-state index contributed by atoms with van der Waals surface area (Å²) in [4.78, 5) is 2.29. The van der Waals surface area contributed by atoms with Crippen LogP contribution in [0.15, 0.2) is 30.3 Å². The molecule has 0 aliphatic carbocycles. The van der Waals surface area contributed by atoms with Crippen LogP contribution < -0.4 is 5.73 Å². The van der Waals surface area contributed by atoms with Crippen molar-refractivity contribution < 1.29 is 0 Å². The molecule has 0 aliphatic heterocycles. The second-order valence-electron chi connectivity index (χ2n) is 4.95. The summed E-state index contributed by atoms with van der Waals surface area (Å²) in [6.45, 7) is 4.99. The van der Waals surface area contributed by atoms with Gasteiger partial charge in [-0.25, -0.2) is 0 Å². The lowest BCUT2D eigenvalue weighted by Gasteiger charge is -2.22. The number of hydrogen-bond donors (Lipinski definition) is 1. The molecule has 0 saturated heterocycles. The number of nitrogens with two attached hydrogens (primary N) is 1. The van der Waals surface area contributed by atoms with Gasteiger partial charge >= 0.3 is 0 Å². The second kappa shape index (κ2) is 6.88. The fourth-order valence-electron chi connectivity index (χ4n) is 2.30. The Hall–Kier alpha value is -1.36. The Morgan fingerprint density at radius 1 is 1.25 bits per heavy atom. The molecule has 20 heavy (non-hydrogen) atoms. The maximum absolute atomic E-state index is 6.32. The number of halogens is 1. The van der Waals surface area contributed by atoms with Crippen molar-refractivity contribution >= 4 is 11.6 Å². The van der Waals surface area contributed by atoms with Crippen LogP contribution in [-0.2, 0) is 20.1 Å². The normalized spacial score (nSPS) is 11.2. The van der Waals surface area contributed by atoms with Crippen molar-refractivity contribution in [2.45, 2.75) is 20.0 Å². The Morgan fingerprint density at radius 3 is 2.50 bits per heavy atom. The minimum Gasteiger partial charge on any atom is -0.329 e. The molecule has 0 atom stereocenters. The number of hydrogen-bond acceptors (Lipinski definition) is 3. The molecule has 5 heteroatoms. The van der Waals surface area contributed by atoms with Crippen molar-refractivity contribution in [2.75, 3.05) is 13.1 Å². The van der Waals surface area contributed by atoms with E-state index in [-0.39, 0.29) is 0 Å². The molecule has 0 spiro atoms. The highest BCUT2D eigenvalue weighted by atomic mass is 35.5. The monoisotopic (exact) mass is 292 g/mol. The van der Waals surface area contributed by atoms with Gasteiger partial charge in [0, 0.05) is 33.2 Å².